The summed E-state index contributed by atoms with van der Waals surface area (Å²) < 4.78 is 28.0. The summed E-state index contributed by atoms with van der Waals surface area (Å²) in [7, 11) is 1.65. The third-order valence-electron chi connectivity index (χ3n) is 11.0. The number of imide groups is 1. The molecule has 4 aromatic rings. The maximum Gasteiger partial charge on any atom is 0.255 e. The number of anilines is 1. The zero-order valence-electron chi connectivity index (χ0n) is 33.2. The molecule has 304 valence electrons. The second-order valence-electron chi connectivity index (χ2n) is 15.1. The lowest BCUT2D eigenvalue weighted by Gasteiger charge is -2.33. The number of ether oxygens (including phenoxy) is 2. The molecule has 3 aliphatic heterocycles. The summed E-state index contributed by atoms with van der Waals surface area (Å²) in [5, 5.41) is 6.72. The Balaban J connectivity index is 0.813. The van der Waals surface area contributed by atoms with Gasteiger partial charge in [-0.2, -0.15) is 0 Å². The summed E-state index contributed by atoms with van der Waals surface area (Å²) in [6.45, 7) is 10.1. The van der Waals surface area contributed by atoms with Crippen LogP contribution in [0.15, 0.2) is 53.0 Å². The van der Waals surface area contributed by atoms with Gasteiger partial charge in [-0.1, -0.05) is 52.7 Å². The molecule has 12 nitrogen and oxygen atoms in total. The van der Waals surface area contributed by atoms with Crippen LogP contribution in [0.1, 0.15) is 84.4 Å². The van der Waals surface area contributed by atoms with Crippen molar-refractivity contribution in [3.8, 4) is 23.3 Å². The van der Waals surface area contributed by atoms with Gasteiger partial charge in [-0.05, 0) is 81.1 Å². The van der Waals surface area contributed by atoms with E-state index in [2.05, 4.69) is 67.3 Å². The number of hydrogen-bond acceptors (Lipinski definition) is 10. The van der Waals surface area contributed by atoms with Crippen LogP contribution in [0.25, 0.3) is 10.9 Å². The predicted octanol–water partition coefficient (Wildman–Crippen LogP) is 6.39. The largest absolute Gasteiger partial charge is 0.493 e. The number of rotatable bonds is 14. The molecule has 0 radical (unpaired) electrons. The van der Waals surface area contributed by atoms with Gasteiger partial charge in [0.1, 0.15) is 23.5 Å². The molecule has 3 amide bonds. The van der Waals surface area contributed by atoms with Crippen LogP contribution in [0.4, 0.5) is 10.2 Å². The Morgan fingerprint density at radius 1 is 1.00 bits per heavy atom. The third kappa shape index (κ3) is 9.77. The molecular formula is C44H49BrFN7O5. The maximum atomic E-state index is 15.0. The molecule has 1 unspecified atom stereocenters. The van der Waals surface area contributed by atoms with E-state index < -0.39 is 23.7 Å². The first-order chi connectivity index (χ1) is 28.1. The fourth-order valence-corrected chi connectivity index (χ4v) is 8.19. The summed E-state index contributed by atoms with van der Waals surface area (Å²) in [5.74, 6) is 7.05. The Kier molecular flexibility index (Phi) is 13.2. The summed E-state index contributed by atoms with van der Waals surface area (Å²) in [4.78, 5) is 52.4. The standard InChI is InChI=1S/C44H49BrFN7O5/c1-28(30-10-8-12-33(45)23-30)47-42-35-25-39(57-3)40(26-37(35)48-29(2)49-42)58-21-7-5-4-6-15-51-17-19-52(20-18-51)16-9-11-31-22-32-27-53(44(56)34(32)24-36(31)46)38-13-14-41(54)50-43(38)55/h8,10,12,22-26,28,38H,4-7,13-21,27H2,1-3H3,(H,47,48,49)(H,50,54,55)/t28-,38?/m1/s1. The number of hydrogen-bond donors (Lipinski definition) is 2. The highest BCUT2D eigenvalue weighted by Gasteiger charge is 2.39. The molecule has 3 aromatic carbocycles. The van der Waals surface area contributed by atoms with E-state index in [9.17, 15) is 18.8 Å². The number of nitrogens with one attached hydrogen (secondary N) is 2. The van der Waals surface area contributed by atoms with Crippen molar-refractivity contribution in [2.45, 2.75) is 71.0 Å². The lowest BCUT2D eigenvalue weighted by atomic mass is 10.0. The first-order valence-corrected chi connectivity index (χ1v) is 20.8. The Bertz CT molecular complexity index is 2250. The van der Waals surface area contributed by atoms with Crippen LogP contribution in [-0.4, -0.2) is 101 Å². The quantitative estimate of drug-likeness (QED) is 0.0837. The van der Waals surface area contributed by atoms with Gasteiger partial charge in [-0.3, -0.25) is 24.6 Å². The van der Waals surface area contributed by atoms with Crippen LogP contribution < -0.4 is 20.1 Å². The van der Waals surface area contributed by atoms with Gasteiger partial charge in [0.2, 0.25) is 11.8 Å². The van der Waals surface area contributed by atoms with Crippen molar-refractivity contribution < 1.29 is 28.2 Å². The molecule has 0 spiro atoms. The van der Waals surface area contributed by atoms with Crippen molar-refractivity contribution in [1.82, 2.24) is 30.0 Å². The molecule has 7 rings (SSSR count). The van der Waals surface area contributed by atoms with Gasteiger partial charge >= 0.3 is 0 Å². The van der Waals surface area contributed by atoms with Crippen molar-refractivity contribution in [3.63, 3.8) is 0 Å². The molecule has 0 saturated carbocycles. The van der Waals surface area contributed by atoms with Crippen molar-refractivity contribution in [3.05, 3.63) is 86.9 Å². The van der Waals surface area contributed by atoms with E-state index in [0.29, 0.717) is 36.0 Å². The molecule has 1 aromatic heterocycles. The highest BCUT2D eigenvalue weighted by atomic mass is 79.9. The molecule has 2 fully saturated rings. The maximum absolute atomic E-state index is 15.0. The monoisotopic (exact) mass is 853 g/mol. The molecule has 4 heterocycles. The van der Waals surface area contributed by atoms with Gasteiger partial charge in [0.15, 0.2) is 11.5 Å². The summed E-state index contributed by atoms with van der Waals surface area (Å²) >= 11 is 3.56. The van der Waals surface area contributed by atoms with E-state index in [-0.39, 0.29) is 42.5 Å². The summed E-state index contributed by atoms with van der Waals surface area (Å²) in [6, 6.07) is 14.2. The summed E-state index contributed by atoms with van der Waals surface area (Å²) in [6.07, 6.45) is 4.67. The topological polar surface area (TPSA) is 129 Å². The van der Waals surface area contributed by atoms with E-state index in [1.807, 2.05) is 31.2 Å². The molecule has 3 aliphatic rings. The fourth-order valence-electron chi connectivity index (χ4n) is 7.78. The van der Waals surface area contributed by atoms with Crippen molar-refractivity contribution in [2.75, 3.05) is 58.3 Å². The van der Waals surface area contributed by atoms with E-state index in [0.717, 1.165) is 85.2 Å². The van der Waals surface area contributed by atoms with Crippen LogP contribution in [0.5, 0.6) is 11.5 Å². The highest BCUT2D eigenvalue weighted by molar-refractivity contribution is 9.10. The van der Waals surface area contributed by atoms with Crippen LogP contribution in [0.2, 0.25) is 0 Å². The Morgan fingerprint density at radius 3 is 2.57 bits per heavy atom. The number of halogens is 2. The minimum atomic E-state index is -0.738. The fraction of sp³-hybridized carbons (Fsp3) is 0.432. The average molecular weight is 855 g/mol. The normalized spacial score (nSPS) is 17.8. The number of aryl methyl sites for hydroxylation is 1. The van der Waals surface area contributed by atoms with Gasteiger partial charge in [0, 0.05) is 60.6 Å². The zero-order valence-corrected chi connectivity index (χ0v) is 34.8. The first-order valence-electron chi connectivity index (χ1n) is 20.0. The number of methoxy groups -OCH3 is 1. The van der Waals surface area contributed by atoms with Gasteiger partial charge < -0.3 is 24.6 Å². The second kappa shape index (κ2) is 18.7. The SMILES string of the molecule is COc1cc2c(N[C@H](C)c3cccc(Br)c3)nc(C)nc2cc1OCCCCCCN1CCN(CC#Cc2cc3c(cc2F)C(=O)N(C2CCC(=O)NC2=O)C3)CC1. The number of fused-ring (bicyclic) bond motifs is 2. The third-order valence-corrected chi connectivity index (χ3v) is 11.5. The molecule has 0 aliphatic carbocycles. The number of aromatic nitrogens is 2. The highest BCUT2D eigenvalue weighted by Crippen LogP contribution is 2.36. The number of amides is 3. The van der Waals surface area contributed by atoms with E-state index in [1.54, 1.807) is 13.2 Å². The van der Waals surface area contributed by atoms with Crippen LogP contribution in [0.3, 0.4) is 0 Å². The van der Waals surface area contributed by atoms with E-state index in [1.165, 1.54) is 11.0 Å². The zero-order chi connectivity index (χ0) is 40.8. The number of nitrogens with zero attached hydrogens (tertiary/aromatic N) is 5. The van der Waals surface area contributed by atoms with Crippen LogP contribution >= 0.6 is 15.9 Å². The lowest BCUT2D eigenvalue weighted by Crippen LogP contribution is -2.52. The number of unbranched alkanes of at least 4 members (excludes halogenated alkanes) is 3. The van der Waals surface area contributed by atoms with Crippen LogP contribution in [0, 0.1) is 24.6 Å². The van der Waals surface area contributed by atoms with Crippen molar-refractivity contribution in [2.24, 2.45) is 0 Å². The number of piperazine rings is 1. The van der Waals surface area contributed by atoms with Crippen molar-refractivity contribution >= 4 is 50.4 Å². The number of carbonyl (C=O) groups is 3. The van der Waals surface area contributed by atoms with Crippen molar-refractivity contribution in [1.29, 1.82) is 0 Å². The predicted molar refractivity (Wildman–Crippen MR) is 223 cm³/mol. The molecule has 14 heteroatoms. The molecule has 0 bridgehead atoms. The van der Waals surface area contributed by atoms with Gasteiger partial charge in [-0.15, -0.1) is 0 Å². The molecule has 2 N–H and O–H groups in total. The first kappa shape index (κ1) is 41.1. The van der Waals surface area contributed by atoms with E-state index >= 15 is 0 Å². The van der Waals surface area contributed by atoms with Crippen LogP contribution in [-0.2, 0) is 16.1 Å². The molecular weight excluding hydrogens is 805 g/mol. The van der Waals surface area contributed by atoms with Gasteiger partial charge in [-0.25, -0.2) is 14.4 Å². The lowest BCUT2D eigenvalue weighted by molar-refractivity contribution is -0.136. The second-order valence-corrected chi connectivity index (χ2v) is 16.0. The molecule has 2 saturated heterocycles. The minimum Gasteiger partial charge on any atom is -0.493 e. The number of benzene rings is 3. The molecule has 58 heavy (non-hydrogen) atoms. The van der Waals surface area contributed by atoms with Gasteiger partial charge in [0.05, 0.1) is 37.4 Å². The Hall–Kier alpha value is -5.10. The summed E-state index contributed by atoms with van der Waals surface area (Å²) in [5.41, 5.74) is 3.07. The number of piperidine rings is 1. The smallest absolute Gasteiger partial charge is 0.255 e. The van der Waals surface area contributed by atoms with Gasteiger partial charge in [0.25, 0.3) is 5.91 Å². The minimum absolute atomic E-state index is 0.0317. The average Bonchev–Trinajstić information content (AvgIpc) is 3.51. The number of carbonyl (C=O) groups excluding carboxylic acids is 3. The molecule has 2 atom stereocenters. The Morgan fingerprint density at radius 2 is 1.79 bits per heavy atom. The van der Waals surface area contributed by atoms with E-state index in [4.69, 9.17) is 19.4 Å². The Labute approximate surface area is 347 Å².